The van der Waals surface area contributed by atoms with E-state index >= 15 is 0 Å². The molecule has 0 radical (unpaired) electrons. The predicted molar refractivity (Wildman–Crippen MR) is 248 cm³/mol. The lowest BCUT2D eigenvalue weighted by Crippen LogP contribution is -2.60. The zero-order valence-electron chi connectivity index (χ0n) is 37.9. The Morgan fingerprint density at radius 3 is 1.23 bits per heavy atom. The third-order valence-electron chi connectivity index (χ3n) is 10.3. The number of hydrogen-bond donors (Lipinski definition) is 5. The second-order valence-corrected chi connectivity index (χ2v) is 16.3. The van der Waals surface area contributed by atoms with Crippen molar-refractivity contribution in [3.05, 3.63) is 144 Å². The quantitative estimate of drug-likeness (QED) is 0.0682. The van der Waals surface area contributed by atoms with E-state index in [2.05, 4.69) is 31.3 Å². The lowest BCUT2D eigenvalue weighted by atomic mass is 9.91. The molecule has 0 saturated heterocycles. The van der Waals surface area contributed by atoms with Crippen LogP contribution in [0.5, 0.6) is 0 Å². The van der Waals surface area contributed by atoms with Crippen molar-refractivity contribution in [3.63, 3.8) is 0 Å². The Bertz CT molecular complexity index is 2320. The summed E-state index contributed by atoms with van der Waals surface area (Å²) < 4.78 is 10.3. The summed E-state index contributed by atoms with van der Waals surface area (Å²) in [6.45, 7) is 9.18. The van der Waals surface area contributed by atoms with E-state index < -0.39 is 83.7 Å². The molecule has 5 N–H and O–H groups in total. The van der Waals surface area contributed by atoms with Crippen molar-refractivity contribution in [3.8, 4) is 0 Å². The van der Waals surface area contributed by atoms with E-state index in [1.807, 2.05) is 12.1 Å². The highest BCUT2D eigenvalue weighted by Crippen LogP contribution is 2.15. The first-order valence-corrected chi connectivity index (χ1v) is 21.6. The number of aliphatic hydroxyl groups is 1. The van der Waals surface area contributed by atoms with E-state index in [-0.39, 0.29) is 37.5 Å². The fraction of sp³-hybridized carbons (Fsp3) is 0.340. The SMILES string of the molecule is C/C(=N\C(=O)OCc1ccccc1)C(=O)N[C@H](C(=O)N[C@@H](Cc1ccccc1)C(=O)[C@H](O)[C@H](Cc1ccccc1)NC(=O)[C@@H](NC(=O)/C(C)=N/C(=O)OCc1ccccc1)C(C)C)C(C)C. The van der Waals surface area contributed by atoms with Crippen molar-refractivity contribution in [2.24, 2.45) is 21.8 Å². The maximum absolute atomic E-state index is 14.5. The Morgan fingerprint density at radius 2 is 0.848 bits per heavy atom. The molecule has 66 heavy (non-hydrogen) atoms. The number of carbonyl (C=O) groups is 7. The number of ether oxygens (including phenoxy) is 2. The molecular weight excluding hydrogens is 845 g/mol. The Balaban J connectivity index is 1.53. The van der Waals surface area contributed by atoms with E-state index in [1.54, 1.807) is 137 Å². The molecule has 0 saturated carbocycles. The molecule has 16 nitrogen and oxygen atoms in total. The minimum Gasteiger partial charge on any atom is -0.443 e. The maximum atomic E-state index is 14.5. The van der Waals surface area contributed by atoms with Gasteiger partial charge in [-0.25, -0.2) is 9.59 Å². The molecular formula is C50H58N6O10. The van der Waals surface area contributed by atoms with Gasteiger partial charge in [-0.1, -0.05) is 149 Å². The zero-order valence-corrected chi connectivity index (χ0v) is 37.9. The van der Waals surface area contributed by atoms with E-state index in [0.29, 0.717) is 11.1 Å². The third-order valence-corrected chi connectivity index (χ3v) is 10.3. The first-order valence-electron chi connectivity index (χ1n) is 21.6. The third kappa shape index (κ3) is 16.7. The summed E-state index contributed by atoms with van der Waals surface area (Å²) >= 11 is 0. The van der Waals surface area contributed by atoms with Gasteiger partial charge in [-0.05, 0) is 60.8 Å². The van der Waals surface area contributed by atoms with Crippen LogP contribution in [0.25, 0.3) is 0 Å². The molecule has 4 aromatic rings. The Hall–Kier alpha value is -7.33. The van der Waals surface area contributed by atoms with Crippen molar-refractivity contribution in [1.82, 2.24) is 21.3 Å². The Kier molecular flexibility index (Phi) is 20.1. The summed E-state index contributed by atoms with van der Waals surface area (Å²) in [6.07, 6.45) is -4.01. The number of hydrogen-bond acceptors (Lipinski definition) is 10. The van der Waals surface area contributed by atoms with Crippen LogP contribution in [0.2, 0.25) is 0 Å². The molecule has 0 aromatic heterocycles. The highest BCUT2D eigenvalue weighted by Gasteiger charge is 2.37. The topological polar surface area (TPSA) is 231 Å². The summed E-state index contributed by atoms with van der Waals surface area (Å²) in [6, 6.07) is 30.3. The second-order valence-electron chi connectivity index (χ2n) is 16.3. The van der Waals surface area contributed by atoms with Crippen molar-refractivity contribution in [2.75, 3.05) is 0 Å². The molecule has 4 aromatic carbocycles. The van der Waals surface area contributed by atoms with Gasteiger partial charge in [0.15, 0.2) is 5.78 Å². The fourth-order valence-corrected chi connectivity index (χ4v) is 6.56. The van der Waals surface area contributed by atoms with Crippen molar-refractivity contribution in [2.45, 2.75) is 97.9 Å². The Labute approximate surface area is 384 Å². The summed E-state index contributed by atoms with van der Waals surface area (Å²) in [5.74, 6) is -5.02. The van der Waals surface area contributed by atoms with Crippen molar-refractivity contribution < 1.29 is 48.1 Å². The summed E-state index contributed by atoms with van der Waals surface area (Å²) in [5, 5.41) is 22.6. The van der Waals surface area contributed by atoms with E-state index in [9.17, 15) is 38.7 Å². The average molecular weight is 903 g/mol. The van der Waals surface area contributed by atoms with Crippen LogP contribution in [0.1, 0.15) is 63.8 Å². The molecule has 0 bridgehead atoms. The Morgan fingerprint density at radius 1 is 0.500 bits per heavy atom. The van der Waals surface area contributed by atoms with Crippen LogP contribution in [-0.4, -0.2) is 88.4 Å². The molecule has 16 heteroatoms. The van der Waals surface area contributed by atoms with Gasteiger partial charge in [-0.3, -0.25) is 24.0 Å². The standard InChI is InChI=1S/C50H58N6O10/c1-31(2)41(55-45(59)33(5)51-49(63)65-29-37-23-15-9-16-24-37)47(61)53-39(27-35-19-11-7-12-20-35)43(57)44(58)40(28-36-21-13-8-14-22-36)54-48(62)42(32(3)4)56-46(60)34(6)52-50(64)66-30-38-25-17-10-18-26-38/h7-26,31-32,39-43,57H,27-30H2,1-6H3,(H,53,61)(H,54,62)(H,55,59)(H,56,60)/b51-33+,52-34+/t39-,40-,41-,42-,43+/m0/s1. The van der Waals surface area contributed by atoms with Crippen molar-refractivity contribution in [1.29, 1.82) is 0 Å². The molecule has 0 heterocycles. The zero-order chi connectivity index (χ0) is 48.2. The number of Topliss-reactive ketones (excluding diaryl/α,β-unsaturated/α-hetero) is 1. The van der Waals surface area contributed by atoms with Gasteiger partial charge in [0.25, 0.3) is 11.8 Å². The average Bonchev–Trinajstić information content (AvgIpc) is 3.31. The number of rotatable bonds is 21. The number of carbonyl (C=O) groups excluding carboxylic acids is 7. The normalized spacial score (nSPS) is 13.9. The number of aliphatic hydroxyl groups excluding tert-OH is 1. The van der Waals surface area contributed by atoms with Gasteiger partial charge >= 0.3 is 12.2 Å². The molecule has 0 unspecified atom stereocenters. The lowest BCUT2D eigenvalue weighted by Gasteiger charge is -2.31. The molecule has 0 aliphatic rings. The van der Waals surface area contributed by atoms with Crippen LogP contribution in [0.15, 0.2) is 131 Å². The number of benzene rings is 4. The summed E-state index contributed by atoms with van der Waals surface area (Å²) in [7, 11) is 0. The number of nitrogens with one attached hydrogen (secondary N) is 4. The van der Waals surface area contributed by atoms with Gasteiger partial charge in [-0.15, -0.1) is 0 Å². The lowest BCUT2D eigenvalue weighted by molar-refractivity contribution is -0.137. The molecule has 0 aliphatic heterocycles. The van der Waals surface area contributed by atoms with Crippen molar-refractivity contribution >= 4 is 53.0 Å². The van der Waals surface area contributed by atoms with Gasteiger partial charge in [0.05, 0.1) is 12.1 Å². The van der Waals surface area contributed by atoms with Crippen LogP contribution >= 0.6 is 0 Å². The first-order chi connectivity index (χ1) is 31.5. The number of nitrogens with zero attached hydrogens (tertiary/aromatic N) is 2. The van der Waals surface area contributed by atoms with E-state index in [4.69, 9.17) is 9.47 Å². The number of ketones is 1. The largest absolute Gasteiger partial charge is 0.443 e. The minimum absolute atomic E-state index is 0.0327. The van der Waals surface area contributed by atoms with Crippen LogP contribution in [0.3, 0.4) is 0 Å². The number of aliphatic imine (C=N–C) groups is 2. The van der Waals surface area contributed by atoms with Gasteiger partial charge in [-0.2, -0.15) is 9.98 Å². The van der Waals surface area contributed by atoms with Crippen LogP contribution < -0.4 is 21.3 Å². The molecule has 5 atom stereocenters. The first kappa shape index (κ1) is 51.3. The summed E-state index contributed by atoms with van der Waals surface area (Å²) in [4.78, 5) is 101. The fourth-order valence-electron chi connectivity index (χ4n) is 6.56. The second kappa shape index (κ2) is 25.8. The molecule has 0 aliphatic carbocycles. The number of amides is 6. The molecule has 0 fully saturated rings. The molecule has 348 valence electrons. The predicted octanol–water partition coefficient (Wildman–Crippen LogP) is 5.25. The summed E-state index contributed by atoms with van der Waals surface area (Å²) in [5.41, 5.74) is 2.21. The minimum atomic E-state index is -1.90. The highest BCUT2D eigenvalue weighted by atomic mass is 16.5. The molecule has 4 rings (SSSR count). The van der Waals surface area contributed by atoms with Crippen LogP contribution in [0, 0.1) is 11.8 Å². The van der Waals surface area contributed by atoms with Crippen LogP contribution in [-0.2, 0) is 59.5 Å². The monoisotopic (exact) mass is 902 g/mol. The smallest absolute Gasteiger partial charge is 0.434 e. The van der Waals surface area contributed by atoms with Gasteiger partial charge < -0.3 is 35.8 Å². The highest BCUT2D eigenvalue weighted by molar-refractivity contribution is 6.40. The van der Waals surface area contributed by atoms with E-state index in [1.165, 1.54) is 13.8 Å². The van der Waals surface area contributed by atoms with Gasteiger partial charge in [0.1, 0.15) is 42.8 Å². The van der Waals surface area contributed by atoms with Gasteiger partial charge in [0, 0.05) is 0 Å². The van der Waals surface area contributed by atoms with Crippen LogP contribution in [0.4, 0.5) is 9.59 Å². The molecule has 0 spiro atoms. The van der Waals surface area contributed by atoms with Gasteiger partial charge in [0.2, 0.25) is 11.8 Å². The van der Waals surface area contributed by atoms with E-state index in [0.717, 1.165) is 11.1 Å². The molecule has 6 amide bonds. The maximum Gasteiger partial charge on any atom is 0.434 e.